The number of amides is 1. The number of piperidine rings is 1. The van der Waals surface area contributed by atoms with E-state index in [1.807, 2.05) is 44.2 Å². The van der Waals surface area contributed by atoms with Crippen molar-refractivity contribution in [3.05, 3.63) is 53.6 Å². The first-order valence-electron chi connectivity index (χ1n) is 11.5. The van der Waals surface area contributed by atoms with Crippen molar-refractivity contribution in [2.45, 2.75) is 51.9 Å². The molecule has 1 saturated heterocycles. The molecular formula is C25H32N2O5S. The van der Waals surface area contributed by atoms with Gasteiger partial charge in [0.15, 0.2) is 0 Å². The number of sulfonamides is 1. The first-order chi connectivity index (χ1) is 15.7. The summed E-state index contributed by atoms with van der Waals surface area (Å²) in [6, 6.07) is 14.3. The molecule has 0 N–H and O–H groups in total. The number of carbonyl (C=O) groups excluding carboxylic acids is 1. The summed E-state index contributed by atoms with van der Waals surface area (Å²) in [5, 5.41) is 0. The molecule has 2 aromatic rings. The fourth-order valence-corrected chi connectivity index (χ4v) is 5.16. The van der Waals surface area contributed by atoms with Crippen molar-refractivity contribution >= 4 is 16.1 Å². The van der Waals surface area contributed by atoms with Crippen LogP contribution in [0.1, 0.15) is 37.8 Å². The van der Waals surface area contributed by atoms with E-state index in [4.69, 9.17) is 9.47 Å². The standard InChI is InChI=1S/C25H32N2O5S/c1-18(2)31-25(28)26-12-10-23(11-13-26)32-24-6-4-5-19(16-24)20-7-8-22-17-27(33(3,29)30)14-9-21(22)15-20/h4-8,15-16,18,23H,9-14,17H2,1-3H3. The molecule has 2 aromatic carbocycles. The minimum atomic E-state index is -3.18. The topological polar surface area (TPSA) is 76.2 Å². The molecule has 0 aromatic heterocycles. The van der Waals surface area contributed by atoms with Crippen LogP contribution in [0, 0.1) is 0 Å². The van der Waals surface area contributed by atoms with Crippen molar-refractivity contribution in [3.63, 3.8) is 0 Å². The fourth-order valence-electron chi connectivity index (χ4n) is 4.36. The van der Waals surface area contributed by atoms with E-state index in [1.165, 1.54) is 16.1 Å². The predicted octanol–water partition coefficient (Wildman–Crippen LogP) is 4.06. The van der Waals surface area contributed by atoms with E-state index < -0.39 is 10.0 Å². The second kappa shape index (κ2) is 9.73. The first-order valence-corrected chi connectivity index (χ1v) is 13.3. The predicted molar refractivity (Wildman–Crippen MR) is 128 cm³/mol. The Balaban J connectivity index is 1.40. The van der Waals surface area contributed by atoms with Crippen molar-refractivity contribution in [1.29, 1.82) is 0 Å². The maximum Gasteiger partial charge on any atom is 0.410 e. The summed E-state index contributed by atoms with van der Waals surface area (Å²) >= 11 is 0. The number of rotatable bonds is 5. The lowest BCUT2D eigenvalue weighted by molar-refractivity contribution is 0.0517. The van der Waals surface area contributed by atoms with Crippen LogP contribution in [0.5, 0.6) is 5.75 Å². The van der Waals surface area contributed by atoms with Gasteiger partial charge in [-0.1, -0.05) is 30.3 Å². The lowest BCUT2D eigenvalue weighted by Crippen LogP contribution is -2.42. The van der Waals surface area contributed by atoms with Crippen LogP contribution in [0.25, 0.3) is 11.1 Å². The van der Waals surface area contributed by atoms with Crippen molar-refractivity contribution in [3.8, 4) is 16.9 Å². The minimum Gasteiger partial charge on any atom is -0.490 e. The number of nitrogens with zero attached hydrogens (tertiary/aromatic N) is 2. The molecule has 0 atom stereocenters. The summed E-state index contributed by atoms with van der Waals surface area (Å²) in [7, 11) is -3.18. The Kier molecular flexibility index (Phi) is 6.95. The molecule has 0 spiro atoms. The zero-order valence-electron chi connectivity index (χ0n) is 19.5. The molecule has 0 aliphatic carbocycles. The van der Waals surface area contributed by atoms with Gasteiger partial charge >= 0.3 is 6.09 Å². The SMILES string of the molecule is CC(C)OC(=O)N1CCC(Oc2cccc(-c3ccc4c(c3)CCN(S(C)(=O)=O)C4)c2)CC1. The van der Waals surface area contributed by atoms with Crippen LogP contribution in [0.3, 0.4) is 0 Å². The van der Waals surface area contributed by atoms with Crippen LogP contribution in [0.15, 0.2) is 42.5 Å². The quantitative estimate of drug-likeness (QED) is 0.656. The number of likely N-dealkylation sites (tertiary alicyclic amines) is 1. The molecule has 2 aliphatic heterocycles. The van der Waals surface area contributed by atoms with E-state index in [0.717, 1.165) is 35.3 Å². The molecule has 2 aliphatic rings. The summed E-state index contributed by atoms with van der Waals surface area (Å²) in [6.07, 6.45) is 3.21. The van der Waals surface area contributed by atoms with Crippen LogP contribution in [-0.2, 0) is 27.7 Å². The number of carbonyl (C=O) groups is 1. The summed E-state index contributed by atoms with van der Waals surface area (Å²) in [6.45, 7) is 5.92. The number of hydrogen-bond donors (Lipinski definition) is 0. The van der Waals surface area contributed by atoms with E-state index in [2.05, 4.69) is 12.1 Å². The number of hydrogen-bond acceptors (Lipinski definition) is 5. The van der Waals surface area contributed by atoms with Gasteiger partial charge in [0, 0.05) is 39.0 Å². The third-order valence-corrected chi connectivity index (χ3v) is 7.41. The average molecular weight is 473 g/mol. The molecule has 8 heteroatoms. The van der Waals surface area contributed by atoms with Gasteiger partial charge < -0.3 is 14.4 Å². The van der Waals surface area contributed by atoms with Crippen LogP contribution in [0.4, 0.5) is 4.79 Å². The first kappa shape index (κ1) is 23.6. The molecule has 4 rings (SSSR count). The van der Waals surface area contributed by atoms with Crippen LogP contribution in [0.2, 0.25) is 0 Å². The highest BCUT2D eigenvalue weighted by Crippen LogP contribution is 2.30. The maximum absolute atomic E-state index is 12.1. The number of fused-ring (bicyclic) bond motifs is 1. The Labute approximate surface area is 196 Å². The monoisotopic (exact) mass is 472 g/mol. The van der Waals surface area contributed by atoms with Gasteiger partial charge in [0.25, 0.3) is 0 Å². The molecule has 33 heavy (non-hydrogen) atoms. The van der Waals surface area contributed by atoms with Gasteiger partial charge in [-0.25, -0.2) is 13.2 Å². The molecule has 7 nitrogen and oxygen atoms in total. The lowest BCUT2D eigenvalue weighted by Gasteiger charge is -2.32. The minimum absolute atomic E-state index is 0.0638. The Hall–Kier alpha value is -2.58. The van der Waals surface area contributed by atoms with Gasteiger partial charge in [0.2, 0.25) is 10.0 Å². The zero-order valence-corrected chi connectivity index (χ0v) is 20.3. The van der Waals surface area contributed by atoms with Crippen LogP contribution < -0.4 is 4.74 Å². The smallest absolute Gasteiger partial charge is 0.410 e. The van der Waals surface area contributed by atoms with Crippen molar-refractivity contribution in [1.82, 2.24) is 9.21 Å². The Morgan fingerprint density at radius 3 is 2.42 bits per heavy atom. The highest BCUT2D eigenvalue weighted by molar-refractivity contribution is 7.88. The fraction of sp³-hybridized carbons (Fsp3) is 0.480. The lowest BCUT2D eigenvalue weighted by atomic mass is 9.95. The maximum atomic E-state index is 12.1. The summed E-state index contributed by atoms with van der Waals surface area (Å²) in [4.78, 5) is 13.8. The third kappa shape index (κ3) is 5.86. The van der Waals surface area contributed by atoms with E-state index in [9.17, 15) is 13.2 Å². The Morgan fingerprint density at radius 1 is 1.00 bits per heavy atom. The molecule has 2 heterocycles. The van der Waals surface area contributed by atoms with Crippen LogP contribution >= 0.6 is 0 Å². The van der Waals surface area contributed by atoms with E-state index in [-0.39, 0.29) is 18.3 Å². The molecule has 178 valence electrons. The Morgan fingerprint density at radius 2 is 1.73 bits per heavy atom. The van der Waals surface area contributed by atoms with Gasteiger partial charge in [-0.3, -0.25) is 0 Å². The number of ether oxygens (including phenoxy) is 2. The summed E-state index contributed by atoms with van der Waals surface area (Å²) < 4.78 is 36.8. The normalized spacial score (nSPS) is 17.6. The second-order valence-electron chi connectivity index (χ2n) is 9.09. The van der Waals surface area contributed by atoms with Gasteiger partial charge in [-0.15, -0.1) is 0 Å². The second-order valence-corrected chi connectivity index (χ2v) is 11.1. The van der Waals surface area contributed by atoms with Crippen molar-refractivity contribution < 1.29 is 22.7 Å². The zero-order chi connectivity index (χ0) is 23.6. The molecule has 1 fully saturated rings. The molecule has 1 amide bonds. The molecule has 0 saturated carbocycles. The third-order valence-electron chi connectivity index (χ3n) is 6.16. The number of benzene rings is 2. The van der Waals surface area contributed by atoms with Gasteiger partial charge in [-0.2, -0.15) is 4.31 Å². The Bertz CT molecular complexity index is 1110. The van der Waals surface area contributed by atoms with Crippen LogP contribution in [-0.4, -0.2) is 61.8 Å². The average Bonchev–Trinajstić information content (AvgIpc) is 2.78. The van der Waals surface area contributed by atoms with Crippen molar-refractivity contribution in [2.24, 2.45) is 0 Å². The summed E-state index contributed by atoms with van der Waals surface area (Å²) in [5.41, 5.74) is 4.42. The summed E-state index contributed by atoms with van der Waals surface area (Å²) in [5.74, 6) is 0.816. The largest absolute Gasteiger partial charge is 0.490 e. The van der Waals surface area contributed by atoms with Gasteiger partial charge in [0.1, 0.15) is 11.9 Å². The molecular weight excluding hydrogens is 440 g/mol. The van der Waals surface area contributed by atoms with Gasteiger partial charge in [-0.05, 0) is 54.7 Å². The highest BCUT2D eigenvalue weighted by atomic mass is 32.2. The van der Waals surface area contributed by atoms with Crippen molar-refractivity contribution in [2.75, 3.05) is 25.9 Å². The van der Waals surface area contributed by atoms with E-state index >= 15 is 0 Å². The molecule has 0 unspecified atom stereocenters. The highest BCUT2D eigenvalue weighted by Gasteiger charge is 2.26. The molecule has 0 bridgehead atoms. The molecule has 0 radical (unpaired) electrons. The van der Waals surface area contributed by atoms with Gasteiger partial charge in [0.05, 0.1) is 12.4 Å². The van der Waals surface area contributed by atoms with E-state index in [0.29, 0.717) is 32.6 Å². The van der Waals surface area contributed by atoms with E-state index in [1.54, 1.807) is 4.90 Å².